The number of carbonyl (C=O) groups is 1. The number of hydrogen-bond donors (Lipinski definition) is 2. The fraction of sp³-hybridized carbons (Fsp3) is 0.421. The van der Waals surface area contributed by atoms with E-state index in [1.54, 1.807) is 26.1 Å². The molecular weight excluding hydrogens is 332 g/mol. The molecule has 0 radical (unpaired) electrons. The molecule has 3 rings (SSSR count). The summed E-state index contributed by atoms with van der Waals surface area (Å²) in [4.78, 5) is 34.0. The van der Waals surface area contributed by atoms with Crippen LogP contribution in [0.25, 0.3) is 0 Å². The fourth-order valence-corrected chi connectivity index (χ4v) is 3.33. The molecular formula is C19H24N4O3. The maximum atomic E-state index is 12.6. The second-order valence-electron chi connectivity index (χ2n) is 6.50. The van der Waals surface area contributed by atoms with Gasteiger partial charge in [-0.1, -0.05) is 6.07 Å². The van der Waals surface area contributed by atoms with Crippen LogP contribution in [0.2, 0.25) is 0 Å². The molecule has 1 aliphatic rings. The van der Waals surface area contributed by atoms with Crippen LogP contribution in [0.1, 0.15) is 33.2 Å². The number of aryl methyl sites for hydroxylation is 2. The summed E-state index contributed by atoms with van der Waals surface area (Å²) in [6, 6.07) is 5.68. The van der Waals surface area contributed by atoms with Gasteiger partial charge in [-0.25, -0.2) is 0 Å². The van der Waals surface area contributed by atoms with Gasteiger partial charge in [0.2, 0.25) is 0 Å². The van der Waals surface area contributed by atoms with E-state index in [2.05, 4.69) is 20.2 Å². The Hall–Kier alpha value is -2.51. The first-order valence-corrected chi connectivity index (χ1v) is 8.76. The topological polar surface area (TPSA) is 87.3 Å². The zero-order valence-electron chi connectivity index (χ0n) is 15.1. The molecule has 1 fully saturated rings. The minimum atomic E-state index is -0.357. The normalized spacial score (nSPS) is 16.2. The van der Waals surface area contributed by atoms with Gasteiger partial charge in [0.1, 0.15) is 5.56 Å². The lowest BCUT2D eigenvalue weighted by molar-refractivity contribution is 0.0161. The molecule has 0 aliphatic carbocycles. The lowest BCUT2D eigenvalue weighted by atomic mass is 10.1. The van der Waals surface area contributed by atoms with Gasteiger partial charge in [0.05, 0.1) is 19.3 Å². The molecule has 0 aromatic carbocycles. The van der Waals surface area contributed by atoms with Crippen LogP contribution >= 0.6 is 0 Å². The Morgan fingerprint density at radius 1 is 1.38 bits per heavy atom. The van der Waals surface area contributed by atoms with E-state index in [0.717, 1.165) is 24.3 Å². The Kier molecular flexibility index (Phi) is 5.80. The van der Waals surface area contributed by atoms with Crippen molar-refractivity contribution in [3.8, 4) is 0 Å². The summed E-state index contributed by atoms with van der Waals surface area (Å²) < 4.78 is 5.43. The maximum Gasteiger partial charge on any atom is 0.261 e. The largest absolute Gasteiger partial charge is 0.379 e. The van der Waals surface area contributed by atoms with E-state index in [-0.39, 0.29) is 23.1 Å². The zero-order valence-corrected chi connectivity index (χ0v) is 15.1. The van der Waals surface area contributed by atoms with Crippen LogP contribution in [0.15, 0.2) is 35.4 Å². The van der Waals surface area contributed by atoms with E-state index in [4.69, 9.17) is 4.74 Å². The first-order chi connectivity index (χ1) is 12.6. The van der Waals surface area contributed by atoms with Crippen LogP contribution in [-0.2, 0) is 4.74 Å². The number of nitrogens with one attached hydrogen (secondary N) is 2. The molecule has 0 bridgehead atoms. The van der Waals surface area contributed by atoms with Crippen LogP contribution in [0.4, 0.5) is 0 Å². The summed E-state index contributed by atoms with van der Waals surface area (Å²) in [5.74, 6) is -0.356. The molecule has 0 unspecified atom stereocenters. The fourth-order valence-electron chi connectivity index (χ4n) is 3.33. The predicted octanol–water partition coefficient (Wildman–Crippen LogP) is 1.19. The van der Waals surface area contributed by atoms with Crippen LogP contribution in [0.3, 0.4) is 0 Å². The summed E-state index contributed by atoms with van der Waals surface area (Å²) in [6.45, 7) is 6.89. The van der Waals surface area contributed by atoms with Crippen molar-refractivity contribution in [2.24, 2.45) is 0 Å². The van der Waals surface area contributed by atoms with Gasteiger partial charge in [0.15, 0.2) is 0 Å². The van der Waals surface area contributed by atoms with Crippen molar-refractivity contribution in [2.75, 3.05) is 32.8 Å². The monoisotopic (exact) mass is 356 g/mol. The standard InChI is InChI=1S/C19H24N4O3/c1-13-10-14(2)22-19(25)17(13)18(24)21-12-16(15-4-3-5-20-11-15)23-6-8-26-9-7-23/h3-5,10-11,16H,6-9,12H2,1-2H3,(H,21,24)(H,22,25)/t16-/m0/s1. The highest BCUT2D eigenvalue weighted by molar-refractivity contribution is 5.95. The molecule has 2 aromatic rings. The van der Waals surface area contributed by atoms with Crippen LogP contribution in [-0.4, -0.2) is 53.6 Å². The van der Waals surface area contributed by atoms with E-state index < -0.39 is 0 Å². The van der Waals surface area contributed by atoms with Crippen molar-refractivity contribution in [3.63, 3.8) is 0 Å². The summed E-state index contributed by atoms with van der Waals surface area (Å²) in [6.07, 6.45) is 3.55. The Balaban J connectivity index is 1.77. The number of morpholine rings is 1. The van der Waals surface area contributed by atoms with Gasteiger partial charge in [-0.2, -0.15) is 0 Å². The van der Waals surface area contributed by atoms with E-state index in [9.17, 15) is 9.59 Å². The molecule has 7 nitrogen and oxygen atoms in total. The first-order valence-electron chi connectivity index (χ1n) is 8.76. The van der Waals surface area contributed by atoms with E-state index in [0.29, 0.717) is 25.3 Å². The quantitative estimate of drug-likeness (QED) is 0.840. The third kappa shape index (κ3) is 4.17. The molecule has 2 N–H and O–H groups in total. The number of aromatic nitrogens is 2. The van der Waals surface area contributed by atoms with E-state index in [1.165, 1.54) is 0 Å². The lowest BCUT2D eigenvalue weighted by Crippen LogP contribution is -2.44. The Morgan fingerprint density at radius 2 is 2.15 bits per heavy atom. The average molecular weight is 356 g/mol. The van der Waals surface area contributed by atoms with E-state index in [1.807, 2.05) is 18.3 Å². The number of pyridine rings is 2. The second kappa shape index (κ2) is 8.25. The smallest absolute Gasteiger partial charge is 0.261 e. The Morgan fingerprint density at radius 3 is 2.81 bits per heavy atom. The van der Waals surface area contributed by atoms with Crippen molar-refractivity contribution in [1.82, 2.24) is 20.2 Å². The summed E-state index contributed by atoms with van der Waals surface area (Å²) in [5.41, 5.74) is 2.26. The highest BCUT2D eigenvalue weighted by atomic mass is 16.5. The van der Waals surface area contributed by atoms with Gasteiger partial charge in [0, 0.05) is 37.7 Å². The van der Waals surface area contributed by atoms with Gasteiger partial charge >= 0.3 is 0 Å². The molecule has 1 aliphatic heterocycles. The zero-order chi connectivity index (χ0) is 18.5. The van der Waals surface area contributed by atoms with Gasteiger partial charge in [-0.15, -0.1) is 0 Å². The second-order valence-corrected chi connectivity index (χ2v) is 6.50. The van der Waals surface area contributed by atoms with Crippen molar-refractivity contribution >= 4 is 5.91 Å². The number of carbonyl (C=O) groups excluding carboxylic acids is 1. The van der Waals surface area contributed by atoms with Crippen molar-refractivity contribution in [3.05, 3.63) is 63.3 Å². The third-order valence-electron chi connectivity index (χ3n) is 4.60. The van der Waals surface area contributed by atoms with Crippen LogP contribution < -0.4 is 10.9 Å². The molecule has 1 saturated heterocycles. The minimum absolute atomic E-state index is 0.0126. The lowest BCUT2D eigenvalue weighted by Gasteiger charge is -2.34. The summed E-state index contributed by atoms with van der Waals surface area (Å²) >= 11 is 0. The Labute approximate surface area is 152 Å². The van der Waals surface area contributed by atoms with Crippen molar-refractivity contribution in [2.45, 2.75) is 19.9 Å². The first kappa shape index (κ1) is 18.3. The molecule has 7 heteroatoms. The Bertz CT molecular complexity index is 813. The number of nitrogens with zero attached hydrogens (tertiary/aromatic N) is 2. The molecule has 2 aromatic heterocycles. The number of aromatic amines is 1. The summed E-state index contributed by atoms with van der Waals surface area (Å²) in [7, 11) is 0. The SMILES string of the molecule is Cc1cc(C)c(C(=O)NC[C@@H](c2cccnc2)N2CCOCC2)c(=O)[nH]1. The third-order valence-corrected chi connectivity index (χ3v) is 4.60. The predicted molar refractivity (Wildman–Crippen MR) is 98.2 cm³/mol. The van der Waals surface area contributed by atoms with Gasteiger partial charge in [0.25, 0.3) is 11.5 Å². The van der Waals surface area contributed by atoms with Gasteiger partial charge in [-0.3, -0.25) is 19.5 Å². The number of amides is 1. The maximum absolute atomic E-state index is 12.6. The van der Waals surface area contributed by atoms with Crippen molar-refractivity contribution in [1.29, 1.82) is 0 Å². The minimum Gasteiger partial charge on any atom is -0.379 e. The van der Waals surface area contributed by atoms with Crippen molar-refractivity contribution < 1.29 is 9.53 Å². The summed E-state index contributed by atoms with van der Waals surface area (Å²) in [5, 5.41) is 2.93. The average Bonchev–Trinajstić information content (AvgIpc) is 2.63. The number of ether oxygens (including phenoxy) is 1. The highest BCUT2D eigenvalue weighted by Crippen LogP contribution is 2.20. The molecule has 0 spiro atoms. The van der Waals surface area contributed by atoms with Crippen LogP contribution in [0, 0.1) is 13.8 Å². The van der Waals surface area contributed by atoms with E-state index >= 15 is 0 Å². The number of H-pyrrole nitrogens is 1. The molecule has 138 valence electrons. The van der Waals surface area contributed by atoms with Gasteiger partial charge in [-0.05, 0) is 37.1 Å². The number of rotatable bonds is 5. The molecule has 1 amide bonds. The highest BCUT2D eigenvalue weighted by Gasteiger charge is 2.24. The molecule has 3 heterocycles. The van der Waals surface area contributed by atoms with Gasteiger partial charge < -0.3 is 15.0 Å². The molecule has 0 saturated carbocycles. The van der Waals surface area contributed by atoms with Crippen LogP contribution in [0.5, 0.6) is 0 Å². The molecule has 26 heavy (non-hydrogen) atoms. The molecule has 1 atom stereocenters. The number of hydrogen-bond acceptors (Lipinski definition) is 5.